The Balaban J connectivity index is 1.37. The molecule has 0 spiro atoms. The second kappa shape index (κ2) is 7.40. The SMILES string of the molecule is Cc1cc(NC(=O)Cc2ccc(NC(=O)c3cc4ccccc4o3)cc2)no1. The molecule has 2 heterocycles. The smallest absolute Gasteiger partial charge is 0.291 e. The Kier molecular flexibility index (Phi) is 4.63. The summed E-state index contributed by atoms with van der Waals surface area (Å²) in [5, 5.41) is 10.0. The van der Waals surface area contributed by atoms with Crippen LogP contribution in [-0.4, -0.2) is 17.0 Å². The van der Waals surface area contributed by atoms with Crippen LogP contribution in [-0.2, 0) is 11.2 Å². The lowest BCUT2D eigenvalue weighted by molar-refractivity contribution is -0.115. The van der Waals surface area contributed by atoms with Gasteiger partial charge in [-0.05, 0) is 36.8 Å². The molecule has 0 bridgehead atoms. The summed E-state index contributed by atoms with van der Waals surface area (Å²) >= 11 is 0. The number of nitrogens with one attached hydrogen (secondary N) is 2. The van der Waals surface area contributed by atoms with Crippen LogP contribution in [0.1, 0.15) is 21.9 Å². The predicted molar refractivity (Wildman–Crippen MR) is 104 cm³/mol. The summed E-state index contributed by atoms with van der Waals surface area (Å²) in [5.74, 6) is 0.722. The van der Waals surface area contributed by atoms with E-state index >= 15 is 0 Å². The molecule has 0 aliphatic rings. The van der Waals surface area contributed by atoms with Crippen molar-refractivity contribution in [3.63, 3.8) is 0 Å². The third-order valence-electron chi connectivity index (χ3n) is 4.12. The molecule has 0 fully saturated rings. The van der Waals surface area contributed by atoms with Crippen LogP contribution in [0.2, 0.25) is 0 Å². The highest BCUT2D eigenvalue weighted by Crippen LogP contribution is 2.20. The fourth-order valence-corrected chi connectivity index (χ4v) is 2.79. The first-order chi connectivity index (χ1) is 13.6. The van der Waals surface area contributed by atoms with Crippen LogP contribution in [0.4, 0.5) is 11.5 Å². The third kappa shape index (κ3) is 3.93. The number of nitrogens with zero attached hydrogens (tertiary/aromatic N) is 1. The van der Waals surface area contributed by atoms with Crippen molar-refractivity contribution in [2.75, 3.05) is 10.6 Å². The highest BCUT2D eigenvalue weighted by molar-refractivity contribution is 6.04. The van der Waals surface area contributed by atoms with Crippen molar-refractivity contribution in [3.05, 3.63) is 77.7 Å². The largest absolute Gasteiger partial charge is 0.451 e. The third-order valence-corrected chi connectivity index (χ3v) is 4.12. The number of aromatic nitrogens is 1. The zero-order valence-electron chi connectivity index (χ0n) is 15.1. The van der Waals surface area contributed by atoms with Crippen LogP contribution in [0.3, 0.4) is 0 Å². The maximum Gasteiger partial charge on any atom is 0.291 e. The lowest BCUT2D eigenvalue weighted by atomic mass is 10.1. The summed E-state index contributed by atoms with van der Waals surface area (Å²) in [6, 6.07) is 17.8. The first-order valence-electron chi connectivity index (χ1n) is 8.69. The number of carbonyl (C=O) groups is 2. The van der Waals surface area contributed by atoms with Gasteiger partial charge >= 0.3 is 0 Å². The molecule has 0 saturated heterocycles. The Morgan fingerprint density at radius 3 is 2.50 bits per heavy atom. The van der Waals surface area contributed by atoms with Gasteiger partial charge in [0, 0.05) is 17.1 Å². The highest BCUT2D eigenvalue weighted by Gasteiger charge is 2.13. The van der Waals surface area contributed by atoms with Crippen molar-refractivity contribution in [3.8, 4) is 0 Å². The number of aryl methyl sites for hydroxylation is 1. The molecule has 140 valence electrons. The average molecular weight is 375 g/mol. The number of amides is 2. The maximum absolute atomic E-state index is 12.4. The minimum atomic E-state index is -0.330. The van der Waals surface area contributed by atoms with Gasteiger partial charge in [-0.3, -0.25) is 9.59 Å². The summed E-state index contributed by atoms with van der Waals surface area (Å²) < 4.78 is 10.5. The second-order valence-corrected chi connectivity index (χ2v) is 6.35. The Morgan fingerprint density at radius 2 is 1.79 bits per heavy atom. The van der Waals surface area contributed by atoms with Crippen molar-refractivity contribution >= 4 is 34.3 Å². The molecular formula is C21H17N3O4. The maximum atomic E-state index is 12.4. The number of hydrogen-bond acceptors (Lipinski definition) is 5. The number of carbonyl (C=O) groups excluding carboxylic acids is 2. The first kappa shape index (κ1) is 17.5. The van der Waals surface area contributed by atoms with Crippen molar-refractivity contribution < 1.29 is 18.5 Å². The molecule has 4 rings (SSSR count). The normalized spacial score (nSPS) is 10.8. The molecule has 0 radical (unpaired) electrons. The minimum absolute atomic E-state index is 0.184. The molecule has 7 heteroatoms. The van der Waals surface area contributed by atoms with Gasteiger partial charge in [-0.25, -0.2) is 0 Å². The van der Waals surface area contributed by atoms with Gasteiger partial charge in [-0.15, -0.1) is 0 Å². The van der Waals surface area contributed by atoms with Crippen molar-refractivity contribution in [2.45, 2.75) is 13.3 Å². The molecular weight excluding hydrogens is 358 g/mol. The molecule has 2 N–H and O–H groups in total. The van der Waals surface area contributed by atoms with Crippen LogP contribution in [0.15, 0.2) is 69.6 Å². The van der Waals surface area contributed by atoms with Gasteiger partial charge in [0.25, 0.3) is 5.91 Å². The molecule has 2 aromatic heterocycles. The van der Waals surface area contributed by atoms with Crippen molar-refractivity contribution in [1.82, 2.24) is 5.16 Å². The van der Waals surface area contributed by atoms with E-state index in [-0.39, 0.29) is 24.0 Å². The highest BCUT2D eigenvalue weighted by atomic mass is 16.5. The van der Waals surface area contributed by atoms with E-state index in [9.17, 15) is 9.59 Å². The molecule has 0 atom stereocenters. The monoisotopic (exact) mass is 375 g/mol. The summed E-state index contributed by atoms with van der Waals surface area (Å²) in [4.78, 5) is 24.4. The fraction of sp³-hybridized carbons (Fsp3) is 0.0952. The molecule has 2 amide bonds. The van der Waals surface area contributed by atoms with E-state index in [1.807, 2.05) is 24.3 Å². The number of hydrogen-bond donors (Lipinski definition) is 2. The van der Waals surface area contributed by atoms with Gasteiger partial charge in [0.05, 0.1) is 6.42 Å². The van der Waals surface area contributed by atoms with E-state index in [0.717, 1.165) is 10.9 Å². The van der Waals surface area contributed by atoms with Gasteiger partial charge in [-0.1, -0.05) is 35.5 Å². The molecule has 0 aliphatic carbocycles. The number of benzene rings is 2. The van der Waals surface area contributed by atoms with E-state index in [2.05, 4.69) is 15.8 Å². The zero-order chi connectivity index (χ0) is 19.5. The molecule has 28 heavy (non-hydrogen) atoms. The Bertz CT molecular complexity index is 1110. The summed E-state index contributed by atoms with van der Waals surface area (Å²) in [6.45, 7) is 1.75. The van der Waals surface area contributed by atoms with Crippen molar-refractivity contribution in [1.29, 1.82) is 0 Å². The fourth-order valence-electron chi connectivity index (χ4n) is 2.79. The van der Waals surface area contributed by atoms with Gasteiger partial charge in [0.2, 0.25) is 5.91 Å². The number of furan rings is 1. The number of anilines is 2. The number of para-hydroxylation sites is 1. The molecule has 0 saturated carbocycles. The summed E-state index contributed by atoms with van der Waals surface area (Å²) in [6.07, 6.45) is 0.184. The van der Waals surface area contributed by atoms with Gasteiger partial charge in [0.1, 0.15) is 11.3 Å². The standard InChI is InChI=1S/C21H17N3O4/c1-13-10-19(24-28-13)23-20(25)11-14-6-8-16(9-7-14)22-21(26)18-12-15-4-2-3-5-17(15)27-18/h2-10,12H,11H2,1H3,(H,22,26)(H,23,24,25). The summed E-state index contributed by atoms with van der Waals surface area (Å²) in [5.41, 5.74) is 2.08. The minimum Gasteiger partial charge on any atom is -0.451 e. The topological polar surface area (TPSA) is 97.4 Å². The van der Waals surface area contributed by atoms with Gasteiger partial charge in [-0.2, -0.15) is 0 Å². The molecule has 0 unspecified atom stereocenters. The predicted octanol–water partition coefficient (Wildman–Crippen LogP) is 4.16. The quantitative estimate of drug-likeness (QED) is 0.546. The van der Waals surface area contributed by atoms with E-state index in [1.54, 1.807) is 43.3 Å². The Morgan fingerprint density at radius 1 is 1.00 bits per heavy atom. The van der Waals surface area contributed by atoms with E-state index in [4.69, 9.17) is 8.94 Å². The second-order valence-electron chi connectivity index (χ2n) is 6.35. The van der Waals surface area contributed by atoms with E-state index < -0.39 is 0 Å². The number of rotatable bonds is 5. The van der Waals surface area contributed by atoms with Crippen LogP contribution in [0.25, 0.3) is 11.0 Å². The first-order valence-corrected chi connectivity index (χ1v) is 8.69. The lowest BCUT2D eigenvalue weighted by Gasteiger charge is -2.05. The van der Waals surface area contributed by atoms with Gasteiger partial charge in [0.15, 0.2) is 11.6 Å². The molecule has 4 aromatic rings. The van der Waals surface area contributed by atoms with Crippen LogP contribution in [0, 0.1) is 6.92 Å². The van der Waals surface area contributed by atoms with Crippen molar-refractivity contribution in [2.24, 2.45) is 0 Å². The van der Waals surface area contributed by atoms with Gasteiger partial charge < -0.3 is 19.6 Å². The lowest BCUT2D eigenvalue weighted by Crippen LogP contribution is -2.15. The Labute approximate surface area is 160 Å². The van der Waals surface area contributed by atoms with E-state index in [0.29, 0.717) is 22.8 Å². The van der Waals surface area contributed by atoms with Crippen LogP contribution in [0.5, 0.6) is 0 Å². The molecule has 2 aromatic carbocycles. The zero-order valence-corrected chi connectivity index (χ0v) is 15.1. The Hall–Kier alpha value is -3.87. The average Bonchev–Trinajstić information content (AvgIpc) is 3.29. The molecule has 7 nitrogen and oxygen atoms in total. The van der Waals surface area contributed by atoms with E-state index in [1.165, 1.54) is 0 Å². The van der Waals surface area contributed by atoms with Crippen LogP contribution >= 0.6 is 0 Å². The van der Waals surface area contributed by atoms with Crippen LogP contribution < -0.4 is 10.6 Å². The molecule has 0 aliphatic heterocycles. The number of fused-ring (bicyclic) bond motifs is 1. The summed E-state index contributed by atoms with van der Waals surface area (Å²) in [7, 11) is 0.